The fourth-order valence-electron chi connectivity index (χ4n) is 2.28. The van der Waals surface area contributed by atoms with Crippen LogP contribution in [0.3, 0.4) is 0 Å². The number of hydrogen-bond acceptors (Lipinski definition) is 4. The van der Waals surface area contributed by atoms with Crippen molar-refractivity contribution in [2.45, 2.75) is 6.61 Å². The smallest absolute Gasteiger partial charge is 0.328 e. The Bertz CT molecular complexity index is 921. The summed E-state index contributed by atoms with van der Waals surface area (Å²) in [5.41, 5.74) is 1.07. The monoisotopic (exact) mass is 418 g/mol. The largest absolute Gasteiger partial charge is 0.488 e. The number of halogens is 2. The molecule has 1 fully saturated rings. The van der Waals surface area contributed by atoms with Crippen molar-refractivity contribution in [3.63, 3.8) is 0 Å². The van der Waals surface area contributed by atoms with Gasteiger partial charge in [-0.3, -0.25) is 20.2 Å². The van der Waals surface area contributed by atoms with E-state index < -0.39 is 17.8 Å². The molecule has 0 unspecified atom stereocenters. The molecule has 132 valence electrons. The van der Waals surface area contributed by atoms with E-state index >= 15 is 0 Å². The lowest BCUT2D eigenvalue weighted by atomic mass is 10.1. The molecule has 0 aliphatic carbocycles. The lowest BCUT2D eigenvalue weighted by Gasteiger charge is -2.14. The summed E-state index contributed by atoms with van der Waals surface area (Å²) in [6.07, 6.45) is 1.36. The lowest BCUT2D eigenvalue weighted by molar-refractivity contribution is -0.123. The Morgan fingerprint density at radius 3 is 2.42 bits per heavy atom. The number of nitrogens with one attached hydrogen (secondary N) is 2. The molecule has 0 spiro atoms. The summed E-state index contributed by atoms with van der Waals surface area (Å²) in [6, 6.07) is 10.2. The Labute approximate surface area is 156 Å². The van der Waals surface area contributed by atoms with E-state index in [0.29, 0.717) is 21.3 Å². The maximum Gasteiger partial charge on any atom is 0.328 e. The standard InChI is InChI=1S/C18H12BrFN2O4/c19-14-8-10(7-13-16(23)21-18(25)22-17(13)24)4-5-15(14)26-9-11-2-1-3-12(20)6-11/h1-8H,9H2,(H2,21,22,23,24,25). The molecule has 8 heteroatoms. The minimum atomic E-state index is -0.848. The summed E-state index contributed by atoms with van der Waals surface area (Å²) in [7, 11) is 0. The van der Waals surface area contributed by atoms with Crippen LogP contribution >= 0.6 is 15.9 Å². The Kier molecular flexibility index (Phi) is 5.13. The van der Waals surface area contributed by atoms with Crippen molar-refractivity contribution >= 4 is 39.9 Å². The maximum atomic E-state index is 13.2. The van der Waals surface area contributed by atoms with Crippen molar-refractivity contribution in [1.82, 2.24) is 10.6 Å². The van der Waals surface area contributed by atoms with E-state index in [2.05, 4.69) is 15.9 Å². The van der Waals surface area contributed by atoms with Crippen LogP contribution in [0.15, 0.2) is 52.5 Å². The Morgan fingerprint density at radius 1 is 1.04 bits per heavy atom. The topological polar surface area (TPSA) is 84.5 Å². The van der Waals surface area contributed by atoms with Crippen molar-refractivity contribution in [2.75, 3.05) is 0 Å². The van der Waals surface area contributed by atoms with Crippen LogP contribution in [-0.4, -0.2) is 17.8 Å². The first-order valence-electron chi connectivity index (χ1n) is 7.47. The molecular formula is C18H12BrFN2O4. The number of amides is 4. The van der Waals surface area contributed by atoms with Gasteiger partial charge in [-0.25, -0.2) is 9.18 Å². The number of ether oxygens (including phenoxy) is 1. The van der Waals surface area contributed by atoms with Crippen molar-refractivity contribution in [3.05, 3.63) is 69.5 Å². The molecule has 26 heavy (non-hydrogen) atoms. The maximum absolute atomic E-state index is 13.2. The fourth-order valence-corrected chi connectivity index (χ4v) is 2.80. The molecule has 6 nitrogen and oxygen atoms in total. The highest BCUT2D eigenvalue weighted by molar-refractivity contribution is 9.10. The van der Waals surface area contributed by atoms with Crippen LogP contribution in [0.1, 0.15) is 11.1 Å². The number of rotatable bonds is 4. The number of carbonyl (C=O) groups excluding carboxylic acids is 3. The molecule has 2 N–H and O–H groups in total. The van der Waals surface area contributed by atoms with Gasteiger partial charge in [0.2, 0.25) is 0 Å². The summed E-state index contributed by atoms with van der Waals surface area (Å²) >= 11 is 3.36. The summed E-state index contributed by atoms with van der Waals surface area (Å²) in [5, 5.41) is 4.01. The Morgan fingerprint density at radius 2 is 1.77 bits per heavy atom. The van der Waals surface area contributed by atoms with Crippen LogP contribution in [0.2, 0.25) is 0 Å². The van der Waals surface area contributed by atoms with Gasteiger partial charge in [0.05, 0.1) is 4.47 Å². The van der Waals surface area contributed by atoms with Gasteiger partial charge in [0.15, 0.2) is 0 Å². The zero-order valence-electron chi connectivity index (χ0n) is 13.2. The van der Waals surface area contributed by atoms with Crippen LogP contribution in [0.5, 0.6) is 5.75 Å². The van der Waals surface area contributed by atoms with Gasteiger partial charge >= 0.3 is 6.03 Å². The lowest BCUT2D eigenvalue weighted by Crippen LogP contribution is -2.51. The van der Waals surface area contributed by atoms with E-state index in [1.165, 1.54) is 18.2 Å². The zero-order chi connectivity index (χ0) is 18.7. The summed E-state index contributed by atoms with van der Waals surface area (Å²) < 4.78 is 19.4. The van der Waals surface area contributed by atoms with E-state index in [-0.39, 0.29) is 18.0 Å². The van der Waals surface area contributed by atoms with Gasteiger partial charge in [-0.1, -0.05) is 18.2 Å². The second kappa shape index (κ2) is 7.49. The minimum Gasteiger partial charge on any atom is -0.488 e. The van der Waals surface area contributed by atoms with Crippen LogP contribution in [0.25, 0.3) is 6.08 Å². The van der Waals surface area contributed by atoms with Gasteiger partial charge in [-0.2, -0.15) is 0 Å². The molecule has 0 atom stereocenters. The van der Waals surface area contributed by atoms with Crippen LogP contribution in [-0.2, 0) is 16.2 Å². The molecule has 1 saturated heterocycles. The van der Waals surface area contributed by atoms with Gasteiger partial charge < -0.3 is 4.74 Å². The predicted molar refractivity (Wildman–Crippen MR) is 94.5 cm³/mol. The average Bonchev–Trinajstić information content (AvgIpc) is 2.57. The second-order valence-electron chi connectivity index (χ2n) is 5.40. The zero-order valence-corrected chi connectivity index (χ0v) is 14.8. The quantitative estimate of drug-likeness (QED) is 0.590. The third-order valence-corrected chi connectivity index (χ3v) is 4.11. The average molecular weight is 419 g/mol. The minimum absolute atomic E-state index is 0.176. The Hall–Kier alpha value is -3.00. The molecule has 0 aromatic heterocycles. The van der Waals surface area contributed by atoms with Crippen molar-refractivity contribution < 1.29 is 23.5 Å². The van der Waals surface area contributed by atoms with E-state index in [1.807, 2.05) is 10.6 Å². The highest BCUT2D eigenvalue weighted by atomic mass is 79.9. The number of hydrogen-bond donors (Lipinski definition) is 2. The number of urea groups is 1. The molecule has 1 heterocycles. The van der Waals surface area contributed by atoms with Crippen molar-refractivity contribution in [1.29, 1.82) is 0 Å². The third kappa shape index (κ3) is 4.15. The Balaban J connectivity index is 1.75. The number of benzene rings is 2. The van der Waals surface area contributed by atoms with E-state index in [0.717, 1.165) is 0 Å². The van der Waals surface area contributed by atoms with Crippen LogP contribution < -0.4 is 15.4 Å². The third-order valence-electron chi connectivity index (χ3n) is 3.49. The van der Waals surface area contributed by atoms with Crippen molar-refractivity contribution in [3.8, 4) is 5.75 Å². The number of barbiturate groups is 1. The predicted octanol–water partition coefficient (Wildman–Crippen LogP) is 2.92. The summed E-state index contributed by atoms with van der Waals surface area (Å²) in [6.45, 7) is 0.184. The van der Waals surface area contributed by atoms with Gasteiger partial charge in [-0.15, -0.1) is 0 Å². The molecule has 3 rings (SSSR count). The molecule has 2 aromatic carbocycles. The second-order valence-corrected chi connectivity index (χ2v) is 6.26. The first-order valence-corrected chi connectivity index (χ1v) is 8.27. The fraction of sp³-hybridized carbons (Fsp3) is 0.0556. The molecule has 4 amide bonds. The van der Waals surface area contributed by atoms with Crippen LogP contribution in [0, 0.1) is 5.82 Å². The normalized spacial score (nSPS) is 13.9. The van der Waals surface area contributed by atoms with Gasteiger partial charge in [0, 0.05) is 0 Å². The molecule has 1 aliphatic heterocycles. The number of imide groups is 2. The molecule has 1 aliphatic rings. The highest BCUT2D eigenvalue weighted by Crippen LogP contribution is 2.28. The molecule has 0 radical (unpaired) electrons. The first kappa shape index (κ1) is 17.8. The first-order chi connectivity index (χ1) is 12.4. The van der Waals surface area contributed by atoms with E-state index in [9.17, 15) is 18.8 Å². The SMILES string of the molecule is O=C1NC(=O)C(=Cc2ccc(OCc3cccc(F)c3)c(Br)c2)C(=O)N1. The van der Waals surface area contributed by atoms with Gasteiger partial charge in [-0.05, 0) is 57.4 Å². The van der Waals surface area contributed by atoms with Crippen LogP contribution in [0.4, 0.5) is 9.18 Å². The highest BCUT2D eigenvalue weighted by Gasteiger charge is 2.27. The molecule has 0 saturated carbocycles. The number of carbonyl (C=O) groups is 3. The summed E-state index contributed by atoms with van der Waals surface area (Å²) in [5.74, 6) is -1.35. The summed E-state index contributed by atoms with van der Waals surface area (Å²) in [4.78, 5) is 34.5. The van der Waals surface area contributed by atoms with E-state index in [4.69, 9.17) is 4.74 Å². The van der Waals surface area contributed by atoms with Gasteiger partial charge in [0.25, 0.3) is 11.8 Å². The van der Waals surface area contributed by atoms with E-state index in [1.54, 1.807) is 30.3 Å². The van der Waals surface area contributed by atoms with Crippen molar-refractivity contribution in [2.24, 2.45) is 0 Å². The molecular weight excluding hydrogens is 407 g/mol. The molecule has 0 bridgehead atoms. The molecule has 2 aromatic rings. The van der Waals surface area contributed by atoms with Gasteiger partial charge in [0.1, 0.15) is 23.7 Å².